The molecule has 1 aliphatic carbocycles. The Morgan fingerprint density at radius 2 is 1.95 bits per heavy atom. The van der Waals surface area contributed by atoms with Gasteiger partial charge in [-0.05, 0) is 44.1 Å². The minimum atomic E-state index is -4.54. The Morgan fingerprint density at radius 1 is 1.19 bits per heavy atom. The summed E-state index contributed by atoms with van der Waals surface area (Å²) in [7, 11) is 0. The van der Waals surface area contributed by atoms with Crippen LogP contribution in [0.2, 0.25) is 0 Å². The fraction of sp³-hybridized carbons (Fsp3) is 0.321. The molecule has 0 unspecified atom stereocenters. The number of Topliss-reactive ketones (excluding diaryl/α,β-unsaturated/α-hetero) is 1. The maximum atomic E-state index is 12.9. The van der Waals surface area contributed by atoms with E-state index in [0.29, 0.717) is 50.8 Å². The zero-order chi connectivity index (χ0) is 26.6. The van der Waals surface area contributed by atoms with Crippen molar-refractivity contribution in [1.29, 1.82) is 0 Å². The van der Waals surface area contributed by atoms with Gasteiger partial charge in [0.25, 0.3) is 0 Å². The monoisotopic (exact) mass is 511 g/mol. The summed E-state index contributed by atoms with van der Waals surface area (Å²) in [5.41, 5.74) is 3.14. The first kappa shape index (κ1) is 26.3. The first-order chi connectivity index (χ1) is 17.7. The first-order valence-corrected chi connectivity index (χ1v) is 12.0. The van der Waals surface area contributed by atoms with Gasteiger partial charge in [0, 0.05) is 41.8 Å². The number of morpholine rings is 1. The summed E-state index contributed by atoms with van der Waals surface area (Å²) in [6.45, 7) is 7.05. The van der Waals surface area contributed by atoms with Gasteiger partial charge >= 0.3 is 6.18 Å². The minimum absolute atomic E-state index is 0.0697. The molecular formula is C28H28F3N3O3. The average Bonchev–Trinajstić information content (AvgIpc) is 2.88. The number of allylic oxidation sites excluding steroid dienone is 6. The normalized spacial score (nSPS) is 16.5. The first-order valence-electron chi connectivity index (χ1n) is 12.0. The number of carbonyl (C=O) groups is 1. The molecule has 1 saturated heterocycles. The number of phenols is 1. The van der Waals surface area contributed by atoms with Gasteiger partial charge in [-0.15, -0.1) is 0 Å². The SMILES string of the molecule is C=C(/C=C\C(=C/C)C(=O)CC1=Cc2nc(N3CCOCC3)nc(-c3cccc(O)c3)c2CC1)C(F)(F)F. The maximum absolute atomic E-state index is 12.9. The van der Waals surface area contributed by atoms with Crippen molar-refractivity contribution >= 4 is 17.8 Å². The lowest BCUT2D eigenvalue weighted by Gasteiger charge is -2.28. The molecule has 0 radical (unpaired) electrons. The van der Waals surface area contributed by atoms with Crippen LogP contribution in [0.25, 0.3) is 17.3 Å². The van der Waals surface area contributed by atoms with Gasteiger partial charge in [-0.3, -0.25) is 4.79 Å². The number of rotatable bonds is 7. The van der Waals surface area contributed by atoms with Crippen LogP contribution in [0.4, 0.5) is 19.1 Å². The Hall–Kier alpha value is -3.72. The number of phenolic OH excluding ortho intramolecular Hbond substituents is 1. The summed E-state index contributed by atoms with van der Waals surface area (Å²) in [4.78, 5) is 24.6. The number of hydrogen-bond donors (Lipinski definition) is 1. The van der Waals surface area contributed by atoms with Gasteiger partial charge in [0.15, 0.2) is 5.78 Å². The number of benzene rings is 1. The number of ketones is 1. The largest absolute Gasteiger partial charge is 0.508 e. The van der Waals surface area contributed by atoms with Gasteiger partial charge in [0.05, 0.1) is 24.6 Å². The van der Waals surface area contributed by atoms with Crippen LogP contribution in [0.3, 0.4) is 0 Å². The molecule has 37 heavy (non-hydrogen) atoms. The second kappa shape index (κ2) is 11.1. The Balaban J connectivity index is 1.64. The van der Waals surface area contributed by atoms with E-state index in [-0.39, 0.29) is 23.5 Å². The Morgan fingerprint density at radius 3 is 2.62 bits per heavy atom. The summed E-state index contributed by atoms with van der Waals surface area (Å²) in [5, 5.41) is 10.0. The number of alkyl halides is 3. The zero-order valence-corrected chi connectivity index (χ0v) is 20.5. The van der Waals surface area contributed by atoms with Crippen molar-refractivity contribution < 1.29 is 27.8 Å². The molecule has 4 rings (SSSR count). The van der Waals surface area contributed by atoms with Crippen LogP contribution in [-0.2, 0) is 16.0 Å². The topological polar surface area (TPSA) is 75.6 Å². The molecule has 0 atom stereocenters. The molecular weight excluding hydrogens is 483 g/mol. The van der Waals surface area contributed by atoms with Gasteiger partial charge < -0.3 is 14.7 Å². The fourth-order valence-electron chi connectivity index (χ4n) is 4.29. The molecule has 194 valence electrons. The predicted molar refractivity (Wildman–Crippen MR) is 136 cm³/mol. The third-order valence-electron chi connectivity index (χ3n) is 6.33. The van der Waals surface area contributed by atoms with Crippen molar-refractivity contribution in [3.63, 3.8) is 0 Å². The second-order valence-corrected chi connectivity index (χ2v) is 8.89. The smallest absolute Gasteiger partial charge is 0.415 e. The van der Waals surface area contributed by atoms with E-state index in [1.807, 2.05) is 17.0 Å². The lowest BCUT2D eigenvalue weighted by atomic mass is 9.89. The number of carbonyl (C=O) groups excluding carboxylic acids is 1. The molecule has 1 fully saturated rings. The van der Waals surface area contributed by atoms with Crippen molar-refractivity contribution in [3.05, 3.63) is 77.0 Å². The highest BCUT2D eigenvalue weighted by Gasteiger charge is 2.30. The average molecular weight is 512 g/mol. The molecule has 1 N–H and O–H groups in total. The van der Waals surface area contributed by atoms with Crippen LogP contribution < -0.4 is 4.90 Å². The summed E-state index contributed by atoms with van der Waals surface area (Å²) in [6, 6.07) is 6.90. The highest BCUT2D eigenvalue weighted by Crippen LogP contribution is 2.35. The van der Waals surface area contributed by atoms with Gasteiger partial charge in [0.1, 0.15) is 5.75 Å². The van der Waals surface area contributed by atoms with Gasteiger partial charge in [-0.2, -0.15) is 13.2 Å². The molecule has 0 spiro atoms. The lowest BCUT2D eigenvalue weighted by Crippen LogP contribution is -2.37. The van der Waals surface area contributed by atoms with Crippen LogP contribution in [0.15, 0.2) is 65.8 Å². The minimum Gasteiger partial charge on any atom is -0.508 e. The molecule has 9 heteroatoms. The maximum Gasteiger partial charge on any atom is 0.415 e. The molecule has 1 aromatic carbocycles. The van der Waals surface area contributed by atoms with E-state index in [2.05, 4.69) is 6.58 Å². The Labute approximate surface area is 213 Å². The molecule has 0 bridgehead atoms. The molecule has 0 saturated carbocycles. The van der Waals surface area contributed by atoms with Crippen LogP contribution in [0.1, 0.15) is 31.0 Å². The van der Waals surface area contributed by atoms with E-state index < -0.39 is 11.7 Å². The van der Waals surface area contributed by atoms with Gasteiger partial charge in [-0.1, -0.05) is 36.4 Å². The molecule has 2 heterocycles. The molecule has 0 amide bonds. The standard InChI is InChI=1S/C28H28F3N3O3/c1-3-20(9-7-18(2)28(29,30)31)25(36)16-19-8-10-23-24(15-19)32-27(34-11-13-37-14-12-34)33-26(23)21-5-4-6-22(35)17-21/h3-7,9,15,17,35H,2,8,10-14,16H2,1H3/b9-7-,20-3+. The summed E-state index contributed by atoms with van der Waals surface area (Å²) < 4.78 is 43.7. The highest BCUT2D eigenvalue weighted by molar-refractivity contribution is 6.00. The van der Waals surface area contributed by atoms with E-state index >= 15 is 0 Å². The number of ether oxygens (including phenoxy) is 1. The van der Waals surface area contributed by atoms with Crippen LogP contribution in [-0.4, -0.2) is 53.3 Å². The Kier molecular flexibility index (Phi) is 7.92. The summed E-state index contributed by atoms with van der Waals surface area (Å²) in [6.07, 6.45) is 2.06. The number of aromatic nitrogens is 2. The van der Waals surface area contributed by atoms with Gasteiger partial charge in [0.2, 0.25) is 5.95 Å². The van der Waals surface area contributed by atoms with Crippen molar-refractivity contribution in [2.45, 2.75) is 32.4 Å². The number of nitrogens with zero attached hydrogens (tertiary/aromatic N) is 3. The number of anilines is 1. The van der Waals surface area contributed by atoms with Gasteiger partial charge in [-0.25, -0.2) is 9.97 Å². The number of aromatic hydroxyl groups is 1. The molecule has 2 aliphatic rings. The highest BCUT2D eigenvalue weighted by atomic mass is 19.4. The number of fused-ring (bicyclic) bond motifs is 1. The number of halogens is 3. The van der Waals surface area contributed by atoms with Crippen molar-refractivity contribution in [1.82, 2.24) is 9.97 Å². The van der Waals surface area contributed by atoms with E-state index in [0.717, 1.165) is 34.5 Å². The molecule has 1 aliphatic heterocycles. The van der Waals surface area contributed by atoms with Crippen LogP contribution >= 0.6 is 0 Å². The molecule has 2 aromatic rings. The van der Waals surface area contributed by atoms with E-state index in [1.165, 1.54) is 6.08 Å². The summed E-state index contributed by atoms with van der Waals surface area (Å²) in [5.74, 6) is 0.404. The fourth-order valence-corrected chi connectivity index (χ4v) is 4.29. The second-order valence-electron chi connectivity index (χ2n) is 8.89. The lowest BCUT2D eigenvalue weighted by molar-refractivity contribution is -0.114. The van der Waals surface area contributed by atoms with Crippen molar-refractivity contribution in [2.24, 2.45) is 0 Å². The van der Waals surface area contributed by atoms with E-state index in [1.54, 1.807) is 25.1 Å². The Bertz CT molecular complexity index is 1290. The van der Waals surface area contributed by atoms with Crippen LogP contribution in [0, 0.1) is 0 Å². The zero-order valence-electron chi connectivity index (χ0n) is 20.5. The van der Waals surface area contributed by atoms with E-state index in [9.17, 15) is 23.1 Å². The van der Waals surface area contributed by atoms with E-state index in [4.69, 9.17) is 14.7 Å². The quantitative estimate of drug-likeness (QED) is 0.386. The number of hydrogen-bond acceptors (Lipinski definition) is 6. The van der Waals surface area contributed by atoms with Crippen molar-refractivity contribution in [3.8, 4) is 17.0 Å². The molecule has 6 nitrogen and oxygen atoms in total. The third kappa shape index (κ3) is 6.35. The third-order valence-corrected chi connectivity index (χ3v) is 6.33. The molecule has 1 aromatic heterocycles. The predicted octanol–water partition coefficient (Wildman–Crippen LogP) is 5.60. The van der Waals surface area contributed by atoms with Crippen LogP contribution in [0.5, 0.6) is 5.75 Å². The van der Waals surface area contributed by atoms with Crippen molar-refractivity contribution in [2.75, 3.05) is 31.2 Å². The summed E-state index contributed by atoms with van der Waals surface area (Å²) >= 11 is 0.